The number of carbonyl (C=O) groups excluding carboxylic acids is 3. The van der Waals surface area contributed by atoms with Gasteiger partial charge in [-0.3, -0.25) is 19.3 Å². The van der Waals surface area contributed by atoms with Gasteiger partial charge in [0.2, 0.25) is 11.8 Å². The van der Waals surface area contributed by atoms with Crippen LogP contribution in [0.15, 0.2) is 47.0 Å². The molecule has 1 aromatic heterocycles. The number of aromatic nitrogens is 1. The number of amides is 3. The number of likely N-dealkylation sites (tertiary alicyclic amines) is 1. The van der Waals surface area contributed by atoms with Crippen molar-refractivity contribution in [2.24, 2.45) is 5.41 Å². The summed E-state index contributed by atoms with van der Waals surface area (Å²) in [4.78, 5) is 40.4. The molecule has 0 aliphatic carbocycles. The van der Waals surface area contributed by atoms with E-state index in [4.69, 9.17) is 9.26 Å². The summed E-state index contributed by atoms with van der Waals surface area (Å²) in [6.07, 6.45) is 5.85. The summed E-state index contributed by atoms with van der Waals surface area (Å²) in [5.41, 5.74) is -0.214. The number of nitrogens with one attached hydrogen (secondary N) is 3. The van der Waals surface area contributed by atoms with E-state index in [9.17, 15) is 14.4 Å². The summed E-state index contributed by atoms with van der Waals surface area (Å²) in [6.45, 7) is 3.97. The molecule has 10 heteroatoms. The lowest BCUT2D eigenvalue weighted by Crippen LogP contribution is -2.53. The number of aryl methyl sites for hydroxylation is 1. The van der Waals surface area contributed by atoms with Crippen molar-refractivity contribution >= 4 is 23.5 Å². The number of rotatable bonds is 3. The van der Waals surface area contributed by atoms with Crippen molar-refractivity contribution < 1.29 is 23.6 Å². The van der Waals surface area contributed by atoms with Crippen LogP contribution in [0.25, 0.3) is 0 Å². The van der Waals surface area contributed by atoms with Gasteiger partial charge in [-0.2, -0.15) is 0 Å². The number of fused-ring (bicyclic) bond motifs is 1. The van der Waals surface area contributed by atoms with Gasteiger partial charge in [-0.25, -0.2) is 0 Å². The average Bonchev–Trinajstić information content (AvgIpc) is 3.25. The number of piperidine rings is 1. The fourth-order valence-corrected chi connectivity index (χ4v) is 4.55. The highest BCUT2D eigenvalue weighted by atomic mass is 16.5. The normalized spacial score (nSPS) is 22.8. The molecule has 1 spiro atoms. The van der Waals surface area contributed by atoms with E-state index < -0.39 is 5.41 Å². The van der Waals surface area contributed by atoms with Crippen molar-refractivity contribution in [2.45, 2.75) is 26.2 Å². The standard InChI is InChI=1S/C25H31N5O5/c1-18-15-21(29-35-18)28-22(31)16-30-13-6-10-25(17-30)9-4-5-14-34-20-8-3-2-7-19(20)23(32)26-11-12-27-24(25)33/h2-5,7-8,15H,6,9-14,16-17H2,1H3,(H,26,32)(H,27,33)(H,28,29,31)/b5-4-. The van der Waals surface area contributed by atoms with Gasteiger partial charge in [-0.1, -0.05) is 29.4 Å². The van der Waals surface area contributed by atoms with Crippen LogP contribution in [0.4, 0.5) is 5.82 Å². The second-order valence-electron chi connectivity index (χ2n) is 8.96. The minimum absolute atomic E-state index is 0.0768. The molecular formula is C25H31N5O5. The Morgan fingerprint density at radius 1 is 1.20 bits per heavy atom. The number of allylic oxidation sites excluding steroid dienone is 1. The Labute approximate surface area is 204 Å². The molecule has 1 atom stereocenters. The van der Waals surface area contributed by atoms with E-state index in [1.54, 1.807) is 31.2 Å². The molecule has 3 N–H and O–H groups in total. The fourth-order valence-electron chi connectivity index (χ4n) is 4.55. The molecule has 35 heavy (non-hydrogen) atoms. The SMILES string of the molecule is Cc1cc(NC(=O)CN2CCCC3(C/C=C\COc4ccccc4C(=O)NCCNC3=O)C2)no1. The molecule has 2 aliphatic rings. The molecule has 0 saturated carbocycles. The molecule has 0 radical (unpaired) electrons. The van der Waals surface area contributed by atoms with Gasteiger partial charge in [0.25, 0.3) is 5.91 Å². The first-order valence-electron chi connectivity index (χ1n) is 11.8. The molecule has 2 aliphatic heterocycles. The van der Waals surface area contributed by atoms with E-state index in [0.29, 0.717) is 55.4 Å². The van der Waals surface area contributed by atoms with Crippen LogP contribution in [-0.4, -0.2) is 67.1 Å². The Hall–Kier alpha value is -3.66. The summed E-state index contributed by atoms with van der Waals surface area (Å²) < 4.78 is 10.8. The first kappa shape index (κ1) is 24.5. The number of anilines is 1. The van der Waals surface area contributed by atoms with Gasteiger partial charge in [-0.05, 0) is 44.9 Å². The molecule has 1 fully saturated rings. The summed E-state index contributed by atoms with van der Waals surface area (Å²) >= 11 is 0. The predicted octanol–water partition coefficient (Wildman–Crippen LogP) is 1.89. The van der Waals surface area contributed by atoms with Crippen LogP contribution in [-0.2, 0) is 9.59 Å². The molecule has 1 aromatic carbocycles. The molecule has 1 unspecified atom stereocenters. The minimum atomic E-state index is -0.675. The van der Waals surface area contributed by atoms with E-state index in [-0.39, 0.29) is 30.9 Å². The Morgan fingerprint density at radius 3 is 2.86 bits per heavy atom. The topological polar surface area (TPSA) is 126 Å². The third-order valence-corrected chi connectivity index (χ3v) is 6.24. The van der Waals surface area contributed by atoms with Crippen molar-refractivity contribution in [3.8, 4) is 5.75 Å². The van der Waals surface area contributed by atoms with Crippen molar-refractivity contribution in [1.82, 2.24) is 20.7 Å². The molecular weight excluding hydrogens is 450 g/mol. The summed E-state index contributed by atoms with van der Waals surface area (Å²) in [5.74, 6) is 0.977. The zero-order chi connectivity index (χ0) is 24.7. The zero-order valence-electron chi connectivity index (χ0n) is 19.8. The third kappa shape index (κ3) is 6.27. The van der Waals surface area contributed by atoms with Gasteiger partial charge in [0, 0.05) is 25.7 Å². The molecule has 1 saturated heterocycles. The number of para-hydroxylation sites is 1. The molecule has 10 nitrogen and oxygen atoms in total. The minimum Gasteiger partial charge on any atom is -0.489 e. The monoisotopic (exact) mass is 481 g/mol. The molecule has 0 bridgehead atoms. The van der Waals surface area contributed by atoms with E-state index in [0.717, 1.165) is 13.0 Å². The van der Waals surface area contributed by atoms with Gasteiger partial charge in [0.05, 0.1) is 17.5 Å². The highest BCUT2D eigenvalue weighted by molar-refractivity contribution is 5.97. The molecule has 2 aromatic rings. The maximum Gasteiger partial charge on any atom is 0.255 e. The Morgan fingerprint density at radius 2 is 2.03 bits per heavy atom. The number of hydrogen-bond acceptors (Lipinski definition) is 7. The van der Waals surface area contributed by atoms with E-state index in [1.807, 2.05) is 23.1 Å². The number of nitrogens with zero attached hydrogens (tertiary/aromatic N) is 2. The van der Waals surface area contributed by atoms with E-state index >= 15 is 0 Å². The maximum absolute atomic E-state index is 13.3. The van der Waals surface area contributed by atoms with Crippen molar-refractivity contribution in [2.75, 3.05) is 44.6 Å². The Bertz CT molecular complexity index is 1100. The van der Waals surface area contributed by atoms with Crippen LogP contribution in [0, 0.1) is 12.3 Å². The second kappa shape index (κ2) is 11.2. The zero-order valence-corrected chi connectivity index (χ0v) is 19.8. The maximum atomic E-state index is 13.3. The highest BCUT2D eigenvalue weighted by Gasteiger charge is 2.41. The largest absolute Gasteiger partial charge is 0.489 e. The lowest BCUT2D eigenvalue weighted by Gasteiger charge is -2.41. The van der Waals surface area contributed by atoms with Gasteiger partial charge in [-0.15, -0.1) is 0 Å². The lowest BCUT2D eigenvalue weighted by atomic mass is 9.76. The number of ether oxygens (including phenoxy) is 1. The van der Waals surface area contributed by atoms with Crippen LogP contribution in [0.2, 0.25) is 0 Å². The number of carbonyl (C=O) groups is 3. The van der Waals surface area contributed by atoms with Gasteiger partial charge < -0.3 is 25.2 Å². The number of hydrogen-bond donors (Lipinski definition) is 3. The van der Waals surface area contributed by atoms with Crippen molar-refractivity contribution in [1.29, 1.82) is 0 Å². The van der Waals surface area contributed by atoms with Crippen LogP contribution in [0.3, 0.4) is 0 Å². The number of benzene rings is 1. The van der Waals surface area contributed by atoms with Crippen LogP contribution in [0.5, 0.6) is 5.75 Å². The van der Waals surface area contributed by atoms with Gasteiger partial charge in [0.15, 0.2) is 5.82 Å². The molecule has 3 amide bonds. The first-order valence-corrected chi connectivity index (χ1v) is 11.8. The van der Waals surface area contributed by atoms with Crippen LogP contribution < -0.4 is 20.7 Å². The fraction of sp³-hybridized carbons (Fsp3) is 0.440. The predicted molar refractivity (Wildman–Crippen MR) is 129 cm³/mol. The first-order chi connectivity index (χ1) is 16.9. The van der Waals surface area contributed by atoms with Crippen LogP contribution >= 0.6 is 0 Å². The third-order valence-electron chi connectivity index (χ3n) is 6.24. The van der Waals surface area contributed by atoms with E-state index in [2.05, 4.69) is 21.1 Å². The molecule has 4 rings (SSSR count). The summed E-state index contributed by atoms with van der Waals surface area (Å²) in [5, 5.41) is 12.4. The smallest absolute Gasteiger partial charge is 0.255 e. The van der Waals surface area contributed by atoms with Crippen molar-refractivity contribution in [3.63, 3.8) is 0 Å². The summed E-state index contributed by atoms with van der Waals surface area (Å²) in [7, 11) is 0. The Kier molecular flexibility index (Phi) is 7.81. The average molecular weight is 482 g/mol. The molecule has 186 valence electrons. The van der Waals surface area contributed by atoms with Gasteiger partial charge in [0.1, 0.15) is 18.1 Å². The van der Waals surface area contributed by atoms with E-state index in [1.165, 1.54) is 0 Å². The van der Waals surface area contributed by atoms with Crippen molar-refractivity contribution in [3.05, 3.63) is 53.8 Å². The molecule has 3 heterocycles. The van der Waals surface area contributed by atoms with Crippen LogP contribution in [0.1, 0.15) is 35.4 Å². The highest BCUT2D eigenvalue weighted by Crippen LogP contribution is 2.34. The lowest BCUT2D eigenvalue weighted by molar-refractivity contribution is -0.135. The Balaban J connectivity index is 1.44. The quantitative estimate of drug-likeness (QED) is 0.572. The summed E-state index contributed by atoms with van der Waals surface area (Å²) in [6, 6.07) is 8.75. The second-order valence-corrected chi connectivity index (χ2v) is 8.96. The van der Waals surface area contributed by atoms with Gasteiger partial charge >= 0.3 is 0 Å².